The van der Waals surface area contributed by atoms with Crippen LogP contribution in [0.5, 0.6) is 0 Å². The smallest absolute Gasteiger partial charge is 0.0541 e. The maximum absolute atomic E-state index is 2.46. The van der Waals surface area contributed by atoms with Crippen LogP contribution in [0.25, 0.3) is 106 Å². The lowest BCUT2D eigenvalue weighted by atomic mass is 9.80. The summed E-state index contributed by atoms with van der Waals surface area (Å²) in [5.74, 6) is 0. The SMILES string of the molecule is Cc1ccc2c(c1)C(C)(C)c1cc(-c3ccc4c(c3)C(C)(C)c3cc(-c5ccc(/C=C/c6ccc(-c7ccc8c(c7)c7ccccc7n8-c7ccc8c(c7)C(C)(C)c7ccccc7-8)cc6)cc5)ccc3-4)ccc1-2. The third kappa shape index (κ3) is 6.54. The Hall–Kier alpha value is -8.26. The zero-order valence-electron chi connectivity index (χ0n) is 42.7. The van der Waals surface area contributed by atoms with Crippen LogP contribution < -0.4 is 0 Å². The number of aryl methyl sites for hydroxylation is 1. The number of para-hydroxylation sites is 1. The van der Waals surface area contributed by atoms with Crippen LogP contribution in [0.15, 0.2) is 206 Å². The number of nitrogens with zero attached hydrogens (tertiary/aromatic N) is 1. The van der Waals surface area contributed by atoms with E-state index in [4.69, 9.17) is 0 Å². The minimum Gasteiger partial charge on any atom is -0.309 e. The predicted molar refractivity (Wildman–Crippen MR) is 310 cm³/mol. The molecular formula is C72H57N. The van der Waals surface area contributed by atoms with Crippen molar-refractivity contribution in [3.63, 3.8) is 0 Å². The molecule has 0 amide bonds. The summed E-state index contributed by atoms with van der Waals surface area (Å²) in [4.78, 5) is 0. The van der Waals surface area contributed by atoms with Gasteiger partial charge in [-0.2, -0.15) is 0 Å². The molecule has 3 aliphatic carbocycles. The molecule has 1 heterocycles. The Kier molecular flexibility index (Phi) is 9.31. The molecule has 0 atom stereocenters. The molecular weight excluding hydrogens is 879 g/mol. The molecule has 0 spiro atoms. The van der Waals surface area contributed by atoms with Crippen LogP contribution in [-0.2, 0) is 16.2 Å². The number of rotatable bonds is 6. The molecule has 0 aliphatic heterocycles. The monoisotopic (exact) mass is 935 g/mol. The molecule has 1 nitrogen and oxygen atoms in total. The highest BCUT2D eigenvalue weighted by molar-refractivity contribution is 6.10. The van der Waals surface area contributed by atoms with Gasteiger partial charge in [0.1, 0.15) is 0 Å². The Morgan fingerprint density at radius 2 is 0.699 bits per heavy atom. The van der Waals surface area contributed by atoms with Gasteiger partial charge in [-0.05, 0) is 167 Å². The predicted octanol–water partition coefficient (Wildman–Crippen LogP) is 19.2. The number of hydrogen-bond acceptors (Lipinski definition) is 0. The highest BCUT2D eigenvalue weighted by atomic mass is 15.0. The first-order valence-electron chi connectivity index (χ1n) is 26.1. The molecule has 0 bridgehead atoms. The van der Waals surface area contributed by atoms with Gasteiger partial charge < -0.3 is 4.57 Å². The second-order valence-corrected chi connectivity index (χ2v) is 22.6. The third-order valence-corrected chi connectivity index (χ3v) is 17.3. The van der Waals surface area contributed by atoms with Gasteiger partial charge in [-0.1, -0.05) is 217 Å². The average molecular weight is 936 g/mol. The van der Waals surface area contributed by atoms with Crippen LogP contribution in [0.2, 0.25) is 0 Å². The topological polar surface area (TPSA) is 4.93 Å². The zero-order valence-corrected chi connectivity index (χ0v) is 42.7. The van der Waals surface area contributed by atoms with Crippen molar-refractivity contribution in [1.82, 2.24) is 4.57 Å². The van der Waals surface area contributed by atoms with Gasteiger partial charge >= 0.3 is 0 Å². The van der Waals surface area contributed by atoms with E-state index in [1.54, 1.807) is 0 Å². The van der Waals surface area contributed by atoms with E-state index in [2.05, 4.69) is 271 Å². The van der Waals surface area contributed by atoms with Crippen LogP contribution >= 0.6 is 0 Å². The lowest BCUT2D eigenvalue weighted by Crippen LogP contribution is -2.15. The van der Waals surface area contributed by atoms with Crippen molar-refractivity contribution in [2.45, 2.75) is 64.7 Å². The van der Waals surface area contributed by atoms with E-state index in [9.17, 15) is 0 Å². The highest BCUT2D eigenvalue weighted by Crippen LogP contribution is 2.54. The maximum atomic E-state index is 2.46. The van der Waals surface area contributed by atoms with E-state index in [1.807, 2.05) is 0 Å². The standard InChI is InChI=1S/C72H57N/c1-44-16-32-55-56-34-28-51(41-65(56)71(4,5)63(55)38-44)52-29-35-58-57-33-27-50(40-64(57)72(6,7)66(58)42-52)48-25-21-46(22-26-48)18-17-45-19-23-47(24-20-45)49-30-37-69-61(39-49)60-13-9-11-15-68(60)73(69)53-31-36-59-54-12-8-10-14-62(54)70(2,3)67(59)43-53/h8-43H,1-7H3/b18-17+. The van der Waals surface area contributed by atoms with Crippen molar-refractivity contribution in [3.05, 3.63) is 256 Å². The van der Waals surface area contributed by atoms with Gasteiger partial charge in [0.2, 0.25) is 0 Å². The molecule has 350 valence electrons. The molecule has 1 heteroatoms. The molecule has 3 aliphatic rings. The van der Waals surface area contributed by atoms with Gasteiger partial charge in [0, 0.05) is 32.7 Å². The normalized spacial score (nSPS) is 15.1. The molecule has 11 aromatic rings. The van der Waals surface area contributed by atoms with Crippen molar-refractivity contribution >= 4 is 34.0 Å². The molecule has 73 heavy (non-hydrogen) atoms. The van der Waals surface area contributed by atoms with E-state index in [-0.39, 0.29) is 16.2 Å². The molecule has 1 aromatic heterocycles. The first-order chi connectivity index (χ1) is 35.3. The number of fused-ring (bicyclic) bond motifs is 12. The van der Waals surface area contributed by atoms with E-state index in [0.717, 1.165) is 0 Å². The summed E-state index contributed by atoms with van der Waals surface area (Å²) in [7, 11) is 0. The summed E-state index contributed by atoms with van der Waals surface area (Å²) in [6.45, 7) is 16.5. The van der Waals surface area contributed by atoms with Crippen LogP contribution in [0, 0.1) is 6.92 Å². The maximum Gasteiger partial charge on any atom is 0.0541 e. The van der Waals surface area contributed by atoms with Gasteiger partial charge in [0.15, 0.2) is 0 Å². The minimum atomic E-state index is -0.124. The highest BCUT2D eigenvalue weighted by Gasteiger charge is 2.39. The zero-order chi connectivity index (χ0) is 49.5. The lowest BCUT2D eigenvalue weighted by molar-refractivity contribution is 0.659. The van der Waals surface area contributed by atoms with Crippen molar-refractivity contribution in [1.29, 1.82) is 0 Å². The molecule has 0 fully saturated rings. The molecule has 0 radical (unpaired) electrons. The molecule has 0 N–H and O–H groups in total. The number of benzene rings is 10. The van der Waals surface area contributed by atoms with Crippen LogP contribution in [0.3, 0.4) is 0 Å². The van der Waals surface area contributed by atoms with Crippen LogP contribution in [0.4, 0.5) is 0 Å². The third-order valence-electron chi connectivity index (χ3n) is 17.3. The van der Waals surface area contributed by atoms with E-state index in [0.29, 0.717) is 0 Å². The van der Waals surface area contributed by atoms with E-state index in [1.165, 1.54) is 144 Å². The Morgan fingerprint density at radius 1 is 0.301 bits per heavy atom. The fraction of sp³-hybridized carbons (Fsp3) is 0.139. The summed E-state index contributed by atoms with van der Waals surface area (Å²) in [5, 5.41) is 2.54. The first kappa shape index (κ1) is 43.5. The average Bonchev–Trinajstić information content (AvgIpc) is 4.03. The van der Waals surface area contributed by atoms with Gasteiger partial charge in [0.25, 0.3) is 0 Å². The summed E-state index contributed by atoms with van der Waals surface area (Å²) in [5.41, 5.74) is 31.2. The van der Waals surface area contributed by atoms with Crippen LogP contribution in [0.1, 0.15) is 91.6 Å². The number of hydrogen-bond donors (Lipinski definition) is 0. The van der Waals surface area contributed by atoms with Crippen molar-refractivity contribution in [3.8, 4) is 72.4 Å². The largest absolute Gasteiger partial charge is 0.309 e. The second-order valence-electron chi connectivity index (χ2n) is 22.6. The molecule has 0 unspecified atom stereocenters. The fourth-order valence-electron chi connectivity index (χ4n) is 13.2. The molecule has 0 saturated carbocycles. The Balaban J connectivity index is 0.691. The Bertz CT molecular complexity index is 4150. The van der Waals surface area contributed by atoms with Crippen molar-refractivity contribution in [2.75, 3.05) is 0 Å². The number of aromatic nitrogens is 1. The summed E-state index contributed by atoms with van der Waals surface area (Å²) in [6, 6.07) is 78.0. The van der Waals surface area contributed by atoms with E-state index >= 15 is 0 Å². The summed E-state index contributed by atoms with van der Waals surface area (Å²) in [6.07, 6.45) is 4.44. The Labute approximate surface area is 429 Å². The summed E-state index contributed by atoms with van der Waals surface area (Å²) < 4.78 is 2.45. The van der Waals surface area contributed by atoms with E-state index < -0.39 is 0 Å². The Morgan fingerprint density at radius 3 is 1.29 bits per heavy atom. The molecule has 14 rings (SSSR count). The van der Waals surface area contributed by atoms with Gasteiger partial charge in [-0.25, -0.2) is 0 Å². The quantitative estimate of drug-likeness (QED) is 0.146. The fourth-order valence-corrected chi connectivity index (χ4v) is 13.2. The summed E-state index contributed by atoms with van der Waals surface area (Å²) >= 11 is 0. The second kappa shape index (κ2) is 15.6. The lowest BCUT2D eigenvalue weighted by Gasteiger charge is -2.23. The van der Waals surface area contributed by atoms with Gasteiger partial charge in [-0.15, -0.1) is 0 Å². The minimum absolute atomic E-state index is 0.0300. The van der Waals surface area contributed by atoms with Gasteiger partial charge in [0.05, 0.1) is 11.0 Å². The van der Waals surface area contributed by atoms with Crippen molar-refractivity contribution < 1.29 is 0 Å². The van der Waals surface area contributed by atoms with Crippen molar-refractivity contribution in [2.24, 2.45) is 0 Å². The molecule has 0 saturated heterocycles. The molecule has 10 aromatic carbocycles. The first-order valence-corrected chi connectivity index (χ1v) is 26.1. The van der Waals surface area contributed by atoms with Crippen LogP contribution in [-0.4, -0.2) is 4.57 Å². The van der Waals surface area contributed by atoms with Gasteiger partial charge in [-0.3, -0.25) is 0 Å².